The van der Waals surface area contributed by atoms with Crippen LogP contribution in [0.15, 0.2) is 11.1 Å². The standard InChI is InChI=1S/C19H28N4O3S/c1-12(2)21-15(24)9-22-7-5-19(26,6-8-22)10-23-11-20-17-16(18(23)25)13(3)14(4)27-17/h11-12,26H,5-10H2,1-4H3,(H,21,24). The molecule has 8 heteroatoms. The van der Waals surface area contributed by atoms with Crippen LogP contribution in [0.2, 0.25) is 0 Å². The second-order valence-electron chi connectivity index (χ2n) is 7.86. The maximum atomic E-state index is 12.8. The van der Waals surface area contributed by atoms with Gasteiger partial charge >= 0.3 is 0 Å². The monoisotopic (exact) mass is 392 g/mol. The molecule has 0 aliphatic carbocycles. The summed E-state index contributed by atoms with van der Waals surface area (Å²) in [6.07, 6.45) is 2.59. The van der Waals surface area contributed by atoms with Crippen molar-refractivity contribution in [1.82, 2.24) is 19.8 Å². The van der Waals surface area contributed by atoms with Gasteiger partial charge in [-0.25, -0.2) is 4.98 Å². The van der Waals surface area contributed by atoms with E-state index in [-0.39, 0.29) is 24.1 Å². The van der Waals surface area contributed by atoms with Gasteiger partial charge in [0.15, 0.2) is 0 Å². The van der Waals surface area contributed by atoms with Gasteiger partial charge in [-0.15, -0.1) is 11.3 Å². The summed E-state index contributed by atoms with van der Waals surface area (Å²) in [4.78, 5) is 33.1. The first-order valence-corrected chi connectivity index (χ1v) is 10.2. The fourth-order valence-corrected chi connectivity index (χ4v) is 4.54. The van der Waals surface area contributed by atoms with Crippen LogP contribution >= 0.6 is 11.3 Å². The Bertz CT molecular complexity index is 894. The van der Waals surface area contributed by atoms with Gasteiger partial charge in [-0.2, -0.15) is 0 Å². The first kappa shape index (κ1) is 20.0. The second-order valence-corrected chi connectivity index (χ2v) is 9.07. The van der Waals surface area contributed by atoms with Gasteiger partial charge < -0.3 is 10.4 Å². The Morgan fingerprint density at radius 2 is 2.04 bits per heavy atom. The van der Waals surface area contributed by atoms with Crippen LogP contribution in [-0.4, -0.2) is 56.7 Å². The summed E-state index contributed by atoms with van der Waals surface area (Å²) >= 11 is 1.53. The average molecular weight is 393 g/mol. The minimum atomic E-state index is -0.955. The number of hydrogen-bond acceptors (Lipinski definition) is 6. The average Bonchev–Trinajstić information content (AvgIpc) is 2.87. The van der Waals surface area contributed by atoms with E-state index in [1.165, 1.54) is 15.9 Å². The molecular weight excluding hydrogens is 364 g/mol. The van der Waals surface area contributed by atoms with Crippen LogP contribution < -0.4 is 10.9 Å². The molecule has 1 amide bonds. The molecule has 2 aromatic rings. The molecule has 3 heterocycles. The van der Waals surface area contributed by atoms with Gasteiger partial charge in [-0.05, 0) is 46.1 Å². The Morgan fingerprint density at radius 1 is 1.37 bits per heavy atom. The molecule has 0 bridgehead atoms. The van der Waals surface area contributed by atoms with Crippen molar-refractivity contribution in [3.63, 3.8) is 0 Å². The smallest absolute Gasteiger partial charge is 0.262 e. The van der Waals surface area contributed by atoms with Crippen LogP contribution in [0.25, 0.3) is 10.2 Å². The molecule has 2 N–H and O–H groups in total. The van der Waals surface area contributed by atoms with Crippen molar-refractivity contribution in [2.24, 2.45) is 0 Å². The van der Waals surface area contributed by atoms with Gasteiger partial charge in [-0.3, -0.25) is 19.1 Å². The van der Waals surface area contributed by atoms with Gasteiger partial charge in [-0.1, -0.05) is 0 Å². The maximum Gasteiger partial charge on any atom is 0.262 e. The predicted molar refractivity (Wildman–Crippen MR) is 107 cm³/mol. The number of nitrogens with zero attached hydrogens (tertiary/aromatic N) is 3. The molecule has 0 spiro atoms. The zero-order valence-corrected chi connectivity index (χ0v) is 17.2. The molecule has 1 saturated heterocycles. The van der Waals surface area contributed by atoms with E-state index >= 15 is 0 Å². The Morgan fingerprint density at radius 3 is 2.67 bits per heavy atom. The minimum Gasteiger partial charge on any atom is -0.388 e. The first-order chi connectivity index (χ1) is 12.7. The van der Waals surface area contributed by atoms with Crippen molar-refractivity contribution in [3.8, 4) is 0 Å². The van der Waals surface area contributed by atoms with Gasteiger partial charge in [0.05, 0.1) is 30.4 Å². The molecule has 1 aliphatic rings. The quantitative estimate of drug-likeness (QED) is 0.804. The number of aliphatic hydroxyl groups is 1. The number of rotatable bonds is 5. The lowest BCUT2D eigenvalue weighted by Crippen LogP contribution is -2.50. The molecular formula is C19H28N4O3S. The molecule has 27 heavy (non-hydrogen) atoms. The molecule has 2 aromatic heterocycles. The van der Waals surface area contributed by atoms with E-state index in [0.717, 1.165) is 15.3 Å². The number of hydrogen-bond donors (Lipinski definition) is 2. The lowest BCUT2D eigenvalue weighted by Gasteiger charge is -2.38. The number of aromatic nitrogens is 2. The highest BCUT2D eigenvalue weighted by atomic mass is 32.1. The SMILES string of the molecule is Cc1sc2ncn(CC3(O)CCN(CC(=O)NC(C)C)CC3)c(=O)c2c1C. The highest BCUT2D eigenvalue weighted by Gasteiger charge is 2.33. The minimum absolute atomic E-state index is 0.00427. The molecule has 1 fully saturated rings. The van der Waals surface area contributed by atoms with Crippen LogP contribution in [0.1, 0.15) is 37.1 Å². The van der Waals surface area contributed by atoms with E-state index in [9.17, 15) is 14.7 Å². The Labute approximate surface area is 163 Å². The number of thiophene rings is 1. The summed E-state index contributed by atoms with van der Waals surface area (Å²) in [6.45, 7) is 9.63. The van der Waals surface area contributed by atoms with Gasteiger partial charge in [0.2, 0.25) is 5.91 Å². The van der Waals surface area contributed by atoms with Crippen LogP contribution in [0, 0.1) is 13.8 Å². The summed E-state index contributed by atoms with van der Waals surface area (Å²) in [7, 11) is 0. The van der Waals surface area contributed by atoms with Crippen LogP contribution in [-0.2, 0) is 11.3 Å². The van der Waals surface area contributed by atoms with Crippen molar-refractivity contribution in [1.29, 1.82) is 0 Å². The second kappa shape index (κ2) is 7.69. The zero-order valence-electron chi connectivity index (χ0n) is 16.4. The number of piperidine rings is 1. The summed E-state index contributed by atoms with van der Waals surface area (Å²) in [6, 6.07) is 0.123. The molecule has 0 atom stereocenters. The van der Waals surface area contributed by atoms with Crippen LogP contribution in [0.5, 0.6) is 0 Å². The molecule has 0 radical (unpaired) electrons. The van der Waals surface area contributed by atoms with E-state index in [4.69, 9.17) is 0 Å². The van der Waals surface area contributed by atoms with E-state index in [1.54, 1.807) is 6.33 Å². The summed E-state index contributed by atoms with van der Waals surface area (Å²) in [5.74, 6) is 0.00427. The third-order valence-electron chi connectivity index (χ3n) is 5.22. The number of nitrogens with one attached hydrogen (secondary N) is 1. The molecule has 1 aliphatic heterocycles. The Balaban J connectivity index is 1.67. The molecule has 148 valence electrons. The fourth-order valence-electron chi connectivity index (χ4n) is 3.56. The lowest BCUT2D eigenvalue weighted by molar-refractivity contribution is -0.124. The van der Waals surface area contributed by atoms with Crippen molar-refractivity contribution < 1.29 is 9.90 Å². The molecule has 0 aromatic carbocycles. The van der Waals surface area contributed by atoms with Gasteiger partial charge in [0.1, 0.15) is 4.83 Å². The molecule has 0 unspecified atom stereocenters. The van der Waals surface area contributed by atoms with E-state index < -0.39 is 5.60 Å². The molecule has 3 rings (SSSR count). The van der Waals surface area contributed by atoms with Crippen LogP contribution in [0.3, 0.4) is 0 Å². The van der Waals surface area contributed by atoms with Gasteiger partial charge in [0.25, 0.3) is 5.56 Å². The highest BCUT2D eigenvalue weighted by molar-refractivity contribution is 7.18. The lowest BCUT2D eigenvalue weighted by atomic mass is 9.91. The van der Waals surface area contributed by atoms with E-state index in [0.29, 0.717) is 37.9 Å². The van der Waals surface area contributed by atoms with Crippen molar-refractivity contribution in [3.05, 3.63) is 27.1 Å². The van der Waals surface area contributed by atoms with Crippen molar-refractivity contribution in [2.75, 3.05) is 19.6 Å². The highest BCUT2D eigenvalue weighted by Crippen LogP contribution is 2.27. The fraction of sp³-hybridized carbons (Fsp3) is 0.632. The zero-order chi connectivity index (χ0) is 19.8. The van der Waals surface area contributed by atoms with E-state index in [2.05, 4.69) is 10.3 Å². The number of carbonyl (C=O) groups is 1. The molecule has 0 saturated carbocycles. The van der Waals surface area contributed by atoms with Crippen molar-refractivity contribution >= 4 is 27.5 Å². The normalized spacial score (nSPS) is 17.6. The largest absolute Gasteiger partial charge is 0.388 e. The number of amides is 1. The molecule has 7 nitrogen and oxygen atoms in total. The van der Waals surface area contributed by atoms with Crippen molar-refractivity contribution in [2.45, 2.75) is 58.7 Å². The number of carbonyl (C=O) groups excluding carboxylic acids is 1. The topological polar surface area (TPSA) is 87.5 Å². The summed E-state index contributed by atoms with van der Waals surface area (Å²) in [5.41, 5.74) is -0.0720. The Kier molecular flexibility index (Phi) is 5.69. The summed E-state index contributed by atoms with van der Waals surface area (Å²) < 4.78 is 1.53. The van der Waals surface area contributed by atoms with E-state index in [1.807, 2.05) is 32.6 Å². The number of fused-ring (bicyclic) bond motifs is 1. The summed E-state index contributed by atoms with van der Waals surface area (Å²) in [5, 5.41) is 14.5. The first-order valence-electron chi connectivity index (χ1n) is 9.38. The van der Waals surface area contributed by atoms with Crippen LogP contribution in [0.4, 0.5) is 0 Å². The Hall–Kier alpha value is -1.77. The predicted octanol–water partition coefficient (Wildman–Crippen LogP) is 1.43. The number of aryl methyl sites for hydroxylation is 2. The maximum absolute atomic E-state index is 12.8. The van der Waals surface area contributed by atoms with Gasteiger partial charge in [0, 0.05) is 24.0 Å². The number of likely N-dealkylation sites (tertiary alicyclic amines) is 1. The third-order valence-corrected chi connectivity index (χ3v) is 6.34. The third kappa shape index (κ3) is 4.39.